The Kier molecular flexibility index (Phi) is 6.05. The van der Waals surface area contributed by atoms with E-state index in [0.717, 1.165) is 60.7 Å². The van der Waals surface area contributed by atoms with Gasteiger partial charge >= 0.3 is 0 Å². The molecular formula is C45H26N4OS. The van der Waals surface area contributed by atoms with Crippen molar-refractivity contribution in [1.82, 2.24) is 19.5 Å². The molecule has 0 aliphatic rings. The SMILES string of the molecule is c1ccc(-n2c3ccccc3c3cccc(-c4nc(-c5ccc6c(c5)sc5ccccc56)nc(-c5cccc6oc7ccccc7c56)n4)c32)cc1. The van der Waals surface area contributed by atoms with E-state index in [4.69, 9.17) is 19.4 Å². The van der Waals surface area contributed by atoms with Gasteiger partial charge in [0.15, 0.2) is 17.5 Å². The van der Waals surface area contributed by atoms with E-state index in [9.17, 15) is 0 Å². The van der Waals surface area contributed by atoms with Crippen LogP contribution in [0.3, 0.4) is 0 Å². The predicted octanol–water partition coefficient (Wildman–Crippen LogP) is 12.2. The van der Waals surface area contributed by atoms with E-state index in [1.807, 2.05) is 30.3 Å². The van der Waals surface area contributed by atoms with Crippen molar-refractivity contribution >= 4 is 75.3 Å². The Bertz CT molecular complexity index is 3150. The molecule has 4 heterocycles. The summed E-state index contributed by atoms with van der Waals surface area (Å²) in [6.45, 7) is 0. The first-order chi connectivity index (χ1) is 25.3. The van der Waals surface area contributed by atoms with Crippen molar-refractivity contribution in [2.24, 2.45) is 0 Å². The Labute approximate surface area is 295 Å². The number of para-hydroxylation sites is 4. The summed E-state index contributed by atoms with van der Waals surface area (Å²) in [7, 11) is 0. The van der Waals surface area contributed by atoms with Gasteiger partial charge < -0.3 is 8.98 Å². The van der Waals surface area contributed by atoms with Crippen LogP contribution >= 0.6 is 11.3 Å². The van der Waals surface area contributed by atoms with Crippen LogP contribution in [0.25, 0.3) is 104 Å². The maximum atomic E-state index is 6.30. The highest BCUT2D eigenvalue weighted by molar-refractivity contribution is 7.25. The van der Waals surface area contributed by atoms with Gasteiger partial charge in [0.2, 0.25) is 0 Å². The number of benzene rings is 7. The summed E-state index contributed by atoms with van der Waals surface area (Å²) < 4.78 is 11.1. The van der Waals surface area contributed by atoms with Crippen LogP contribution in [0.4, 0.5) is 0 Å². The summed E-state index contributed by atoms with van der Waals surface area (Å²) >= 11 is 1.79. The molecule has 0 amide bonds. The van der Waals surface area contributed by atoms with E-state index in [1.54, 1.807) is 11.3 Å². The zero-order valence-corrected chi connectivity index (χ0v) is 27.9. The first kappa shape index (κ1) is 28.2. The third-order valence-electron chi connectivity index (χ3n) is 9.87. The van der Waals surface area contributed by atoms with Crippen LogP contribution in [0, 0.1) is 0 Å². The third kappa shape index (κ3) is 4.30. The maximum Gasteiger partial charge on any atom is 0.166 e. The zero-order chi connectivity index (χ0) is 33.5. The molecule has 0 aliphatic heterocycles. The van der Waals surface area contributed by atoms with Crippen LogP contribution in [0.15, 0.2) is 162 Å². The summed E-state index contributed by atoms with van der Waals surface area (Å²) in [6.07, 6.45) is 0. The number of thiophene rings is 1. The van der Waals surface area contributed by atoms with E-state index < -0.39 is 0 Å². The first-order valence-electron chi connectivity index (χ1n) is 16.9. The largest absolute Gasteiger partial charge is 0.456 e. The molecule has 5 nitrogen and oxygen atoms in total. The molecule has 0 saturated heterocycles. The number of furan rings is 1. The number of rotatable bonds is 4. The molecule has 0 bridgehead atoms. The quantitative estimate of drug-likeness (QED) is 0.187. The summed E-state index contributed by atoms with van der Waals surface area (Å²) in [6, 6.07) is 54.9. The first-order valence-corrected chi connectivity index (χ1v) is 17.8. The monoisotopic (exact) mass is 670 g/mol. The van der Waals surface area contributed by atoms with Gasteiger partial charge in [-0.15, -0.1) is 11.3 Å². The van der Waals surface area contributed by atoms with E-state index in [2.05, 4.69) is 132 Å². The molecule has 0 unspecified atom stereocenters. The molecule has 11 rings (SSSR count). The lowest BCUT2D eigenvalue weighted by atomic mass is 10.0. The lowest BCUT2D eigenvalue weighted by Crippen LogP contribution is -2.02. The Hall–Kier alpha value is -6.63. The average Bonchev–Trinajstić information content (AvgIpc) is 3.87. The normalized spacial score (nSPS) is 11.9. The molecule has 0 fully saturated rings. The van der Waals surface area contributed by atoms with Crippen molar-refractivity contribution in [1.29, 1.82) is 0 Å². The van der Waals surface area contributed by atoms with Crippen LogP contribution in [0.5, 0.6) is 0 Å². The fourth-order valence-corrected chi connectivity index (χ4v) is 8.76. The van der Waals surface area contributed by atoms with E-state index in [1.165, 1.54) is 25.6 Å². The highest BCUT2D eigenvalue weighted by Crippen LogP contribution is 2.41. The van der Waals surface area contributed by atoms with Gasteiger partial charge in [-0.25, -0.2) is 15.0 Å². The topological polar surface area (TPSA) is 56.7 Å². The Morgan fingerprint density at radius 1 is 0.451 bits per heavy atom. The van der Waals surface area contributed by atoms with Gasteiger partial charge in [0.05, 0.1) is 11.0 Å². The number of fused-ring (bicyclic) bond motifs is 9. The minimum atomic E-state index is 0.600. The molecule has 4 aromatic heterocycles. The Balaban J connectivity index is 1.23. The summed E-state index contributed by atoms with van der Waals surface area (Å²) in [5.74, 6) is 1.84. The van der Waals surface area contributed by atoms with Gasteiger partial charge in [-0.1, -0.05) is 109 Å². The predicted molar refractivity (Wildman–Crippen MR) is 211 cm³/mol. The minimum Gasteiger partial charge on any atom is -0.456 e. The fourth-order valence-electron chi connectivity index (χ4n) is 7.62. The maximum absolute atomic E-state index is 6.30. The molecule has 51 heavy (non-hydrogen) atoms. The summed E-state index contributed by atoms with van der Waals surface area (Å²) in [5, 5.41) is 6.85. The molecule has 0 spiro atoms. The van der Waals surface area contributed by atoms with Crippen molar-refractivity contribution in [3.63, 3.8) is 0 Å². The van der Waals surface area contributed by atoms with Crippen molar-refractivity contribution in [3.8, 4) is 39.9 Å². The molecule has 0 aliphatic carbocycles. The van der Waals surface area contributed by atoms with E-state index in [0.29, 0.717) is 17.5 Å². The fraction of sp³-hybridized carbons (Fsp3) is 0. The third-order valence-corrected chi connectivity index (χ3v) is 11.0. The van der Waals surface area contributed by atoms with E-state index in [-0.39, 0.29) is 0 Å². The van der Waals surface area contributed by atoms with Gasteiger partial charge in [-0.05, 0) is 48.5 Å². The van der Waals surface area contributed by atoms with Gasteiger partial charge in [0.25, 0.3) is 0 Å². The second-order valence-corrected chi connectivity index (χ2v) is 13.9. The van der Waals surface area contributed by atoms with Crippen LogP contribution in [0.2, 0.25) is 0 Å². The second-order valence-electron chi connectivity index (χ2n) is 12.8. The lowest BCUT2D eigenvalue weighted by Gasteiger charge is -2.13. The summed E-state index contributed by atoms with van der Waals surface area (Å²) in [5.41, 5.74) is 7.68. The zero-order valence-electron chi connectivity index (χ0n) is 27.1. The van der Waals surface area contributed by atoms with Crippen molar-refractivity contribution in [3.05, 3.63) is 158 Å². The van der Waals surface area contributed by atoms with Gasteiger partial charge in [-0.3, -0.25) is 0 Å². The standard InChI is InChI=1S/C45H26N4OS/c1-2-12-28(13-3-1)49-36-20-7-4-14-29(36)32-17-10-19-35(42(32)49)45-47-43(27-24-25-31-30-15-6-9-23-39(30)51-40(31)26-27)46-44(48-45)34-18-11-22-38-41(34)33-16-5-8-21-37(33)50-38/h1-26H. The van der Waals surface area contributed by atoms with Crippen molar-refractivity contribution in [2.45, 2.75) is 0 Å². The molecule has 0 N–H and O–H groups in total. The molecule has 238 valence electrons. The molecular weight excluding hydrogens is 645 g/mol. The average molecular weight is 671 g/mol. The van der Waals surface area contributed by atoms with Gasteiger partial charge in [0.1, 0.15) is 11.2 Å². The molecule has 7 aromatic carbocycles. The van der Waals surface area contributed by atoms with Crippen LogP contribution in [-0.2, 0) is 0 Å². The molecule has 11 aromatic rings. The van der Waals surface area contributed by atoms with Gasteiger partial charge in [0, 0.05) is 64.1 Å². The van der Waals surface area contributed by atoms with Crippen LogP contribution in [-0.4, -0.2) is 19.5 Å². The van der Waals surface area contributed by atoms with Gasteiger partial charge in [-0.2, -0.15) is 0 Å². The molecule has 0 saturated carbocycles. The number of hydrogen-bond acceptors (Lipinski definition) is 5. The molecule has 0 atom stereocenters. The Morgan fingerprint density at radius 3 is 2.00 bits per heavy atom. The van der Waals surface area contributed by atoms with Crippen molar-refractivity contribution in [2.75, 3.05) is 0 Å². The number of hydrogen-bond donors (Lipinski definition) is 0. The minimum absolute atomic E-state index is 0.600. The Morgan fingerprint density at radius 2 is 1.10 bits per heavy atom. The summed E-state index contributed by atoms with van der Waals surface area (Å²) in [4.78, 5) is 15.8. The number of aromatic nitrogens is 4. The molecule has 0 radical (unpaired) electrons. The number of nitrogens with zero attached hydrogens (tertiary/aromatic N) is 4. The highest BCUT2D eigenvalue weighted by atomic mass is 32.1. The lowest BCUT2D eigenvalue weighted by molar-refractivity contribution is 0.669. The van der Waals surface area contributed by atoms with Crippen LogP contribution in [0.1, 0.15) is 0 Å². The van der Waals surface area contributed by atoms with E-state index >= 15 is 0 Å². The second kappa shape index (κ2) is 10.9. The smallest absolute Gasteiger partial charge is 0.166 e. The highest BCUT2D eigenvalue weighted by Gasteiger charge is 2.22. The molecule has 6 heteroatoms. The van der Waals surface area contributed by atoms with Crippen molar-refractivity contribution < 1.29 is 4.42 Å². The van der Waals surface area contributed by atoms with Crippen LogP contribution < -0.4 is 0 Å².